The smallest absolute Gasteiger partial charge is 0.184 e. The van der Waals surface area contributed by atoms with Gasteiger partial charge >= 0.3 is 0 Å². The second-order valence-corrected chi connectivity index (χ2v) is 9.86. The van der Waals surface area contributed by atoms with Gasteiger partial charge in [0.2, 0.25) is 0 Å². The number of hydrogen-bond acceptors (Lipinski definition) is 9. The van der Waals surface area contributed by atoms with E-state index in [0.717, 1.165) is 36.1 Å². The van der Waals surface area contributed by atoms with Gasteiger partial charge in [0.1, 0.15) is 22.5 Å². The summed E-state index contributed by atoms with van der Waals surface area (Å²) in [5.41, 5.74) is 1.13. The molecular weight excluding hydrogens is 414 g/mol. The van der Waals surface area contributed by atoms with Crippen molar-refractivity contribution in [3.05, 3.63) is 40.9 Å². The van der Waals surface area contributed by atoms with Gasteiger partial charge in [-0.05, 0) is 25.0 Å². The van der Waals surface area contributed by atoms with Crippen molar-refractivity contribution in [2.45, 2.75) is 23.0 Å². The predicted molar refractivity (Wildman–Crippen MR) is 108 cm³/mol. The van der Waals surface area contributed by atoms with Crippen LogP contribution in [0, 0.1) is 17.0 Å². The largest absolute Gasteiger partial charge is 0.752 e. The minimum absolute atomic E-state index is 0.0286. The van der Waals surface area contributed by atoms with Crippen molar-refractivity contribution < 1.29 is 13.5 Å². The minimum atomic E-state index is -3.35. The number of H-pyrrole nitrogens is 1. The fraction of sp³-hybridized carbons (Fsp3) is 0.278. The third-order valence-corrected chi connectivity index (χ3v) is 7.14. The molecule has 1 saturated carbocycles. The highest BCUT2D eigenvalue weighted by Crippen LogP contribution is 2.40. The third kappa shape index (κ3) is 4.15. The van der Waals surface area contributed by atoms with Crippen LogP contribution < -0.4 is 5.06 Å². The molecule has 29 heavy (non-hydrogen) atoms. The quantitative estimate of drug-likeness (QED) is 0.464. The summed E-state index contributed by atoms with van der Waals surface area (Å²) in [6.07, 6.45) is 4.62. The number of hydrogen-bond donors (Lipinski definition) is 2. The molecule has 0 unspecified atom stereocenters. The molecule has 0 atom stereocenters. The van der Waals surface area contributed by atoms with E-state index in [1.165, 1.54) is 12.3 Å². The fourth-order valence-electron chi connectivity index (χ4n) is 2.65. The van der Waals surface area contributed by atoms with Crippen LogP contribution in [0.15, 0.2) is 28.6 Å². The molecule has 1 aliphatic carbocycles. The summed E-state index contributed by atoms with van der Waals surface area (Å²) in [7, 11) is -3.35. The van der Waals surface area contributed by atoms with Crippen LogP contribution in [0.25, 0.3) is 10.7 Å². The first kappa shape index (κ1) is 19.5. The summed E-state index contributed by atoms with van der Waals surface area (Å²) >= 11 is 1.02. The molecule has 2 N–H and O–H groups in total. The van der Waals surface area contributed by atoms with Crippen LogP contribution in [0.3, 0.4) is 0 Å². The molecule has 3 aromatic heterocycles. The summed E-state index contributed by atoms with van der Waals surface area (Å²) in [5.74, 6) is 5.87. The summed E-state index contributed by atoms with van der Waals surface area (Å²) in [4.78, 5) is 9.02. The Morgan fingerprint density at radius 1 is 1.41 bits per heavy atom. The Balaban J connectivity index is 1.74. The number of anilines is 2. The van der Waals surface area contributed by atoms with E-state index in [1.807, 2.05) is 0 Å². The van der Waals surface area contributed by atoms with Crippen LogP contribution in [0.2, 0.25) is 0 Å². The Morgan fingerprint density at radius 3 is 2.86 bits per heavy atom. The van der Waals surface area contributed by atoms with Gasteiger partial charge in [-0.2, -0.15) is 5.10 Å². The van der Waals surface area contributed by atoms with Crippen LogP contribution in [-0.4, -0.2) is 46.6 Å². The second kappa shape index (κ2) is 7.57. The molecule has 11 heteroatoms. The zero-order valence-corrected chi connectivity index (χ0v) is 16.9. The van der Waals surface area contributed by atoms with Gasteiger partial charge in [-0.1, -0.05) is 11.8 Å². The number of aromatic nitrogens is 4. The van der Waals surface area contributed by atoms with Crippen molar-refractivity contribution in [1.82, 2.24) is 20.2 Å². The van der Waals surface area contributed by atoms with E-state index < -0.39 is 9.84 Å². The van der Waals surface area contributed by atoms with Gasteiger partial charge < -0.3 is 15.4 Å². The topological polar surface area (TPSA) is 135 Å². The number of aliphatic hydroxyl groups excluding tert-OH is 1. The van der Waals surface area contributed by atoms with E-state index >= 15 is 0 Å². The van der Waals surface area contributed by atoms with Gasteiger partial charge in [-0.3, -0.25) is 5.10 Å². The van der Waals surface area contributed by atoms with Crippen LogP contribution in [0.1, 0.15) is 30.0 Å². The van der Waals surface area contributed by atoms with Crippen LogP contribution in [0.5, 0.6) is 0 Å². The number of aliphatic hydroxyl groups is 1. The molecule has 1 aliphatic rings. The molecule has 9 nitrogen and oxygen atoms in total. The molecule has 0 aliphatic heterocycles. The summed E-state index contributed by atoms with van der Waals surface area (Å²) in [6, 6.07) is 4.75. The first-order valence-corrected chi connectivity index (χ1v) is 11.4. The molecule has 3 heterocycles. The van der Waals surface area contributed by atoms with Crippen molar-refractivity contribution in [2.24, 2.45) is 0 Å². The van der Waals surface area contributed by atoms with Gasteiger partial charge in [0.15, 0.2) is 15.7 Å². The SMILES string of the molecule is CS(=O)(=O)c1ccc(-c2ncc(C#CCO)c(N([O-])c3cc(C4CC4)[nH]n3)n2)s1. The molecule has 0 bridgehead atoms. The Hall–Kier alpha value is -2.78. The zero-order valence-electron chi connectivity index (χ0n) is 15.3. The van der Waals surface area contributed by atoms with Crippen LogP contribution in [-0.2, 0) is 9.84 Å². The Kier molecular flexibility index (Phi) is 5.10. The van der Waals surface area contributed by atoms with Crippen molar-refractivity contribution >= 4 is 32.8 Å². The molecule has 150 valence electrons. The molecule has 3 aromatic rings. The van der Waals surface area contributed by atoms with Gasteiger partial charge in [0, 0.05) is 30.1 Å². The maximum Gasteiger partial charge on any atom is 0.184 e. The van der Waals surface area contributed by atoms with Gasteiger partial charge in [-0.15, -0.1) is 11.3 Å². The molecule has 0 saturated heterocycles. The number of aromatic amines is 1. The Labute approximate surface area is 170 Å². The maximum absolute atomic E-state index is 13.0. The fourth-order valence-corrected chi connectivity index (χ4v) is 4.52. The zero-order chi connectivity index (χ0) is 20.6. The molecule has 0 aromatic carbocycles. The van der Waals surface area contributed by atoms with E-state index in [0.29, 0.717) is 15.9 Å². The lowest BCUT2D eigenvalue weighted by molar-refractivity contribution is 0.350. The van der Waals surface area contributed by atoms with Crippen molar-refractivity contribution in [3.63, 3.8) is 0 Å². The number of rotatable bonds is 5. The maximum atomic E-state index is 13.0. The van der Waals surface area contributed by atoms with Crippen LogP contribution in [0.4, 0.5) is 11.6 Å². The number of nitrogens with one attached hydrogen (secondary N) is 1. The summed E-state index contributed by atoms with van der Waals surface area (Å²) < 4.78 is 23.6. The van der Waals surface area contributed by atoms with Gasteiger partial charge in [0.25, 0.3) is 0 Å². The highest BCUT2D eigenvalue weighted by Gasteiger charge is 2.26. The highest BCUT2D eigenvalue weighted by atomic mass is 32.2. The van der Waals surface area contributed by atoms with E-state index in [2.05, 4.69) is 32.0 Å². The molecule has 4 rings (SSSR count). The first-order chi connectivity index (χ1) is 13.9. The molecule has 0 radical (unpaired) electrons. The Morgan fingerprint density at radius 2 is 2.21 bits per heavy atom. The summed E-state index contributed by atoms with van der Waals surface area (Å²) in [6.45, 7) is -0.378. The lowest BCUT2D eigenvalue weighted by Crippen LogP contribution is -2.12. The monoisotopic (exact) mass is 430 g/mol. The normalized spacial score (nSPS) is 13.8. The standard InChI is InChI=1S/C18H16N5O4S2/c1-29(26,27)16-7-6-14(28-16)17-19-10-12(3-2-8-24)18(20-17)23(25)15-9-13(21-22-15)11-4-5-11/h6-7,9-11,24H,4-5,8H2,1H3,(H,21,22)/q-1. The molecular formula is C18H16N5O4S2-. The lowest BCUT2D eigenvalue weighted by atomic mass is 10.2. The van der Waals surface area contributed by atoms with Crippen LogP contribution >= 0.6 is 11.3 Å². The molecule has 0 amide bonds. The number of thiophene rings is 1. The third-order valence-electron chi connectivity index (χ3n) is 4.24. The lowest BCUT2D eigenvalue weighted by Gasteiger charge is -2.27. The van der Waals surface area contributed by atoms with E-state index in [1.54, 1.807) is 12.1 Å². The first-order valence-electron chi connectivity index (χ1n) is 8.66. The van der Waals surface area contributed by atoms with Gasteiger partial charge in [-0.25, -0.2) is 18.4 Å². The highest BCUT2D eigenvalue weighted by molar-refractivity contribution is 7.92. The van der Waals surface area contributed by atoms with Crippen molar-refractivity contribution in [1.29, 1.82) is 0 Å². The van der Waals surface area contributed by atoms with Crippen molar-refractivity contribution in [3.8, 4) is 22.5 Å². The predicted octanol–water partition coefficient (Wildman–Crippen LogP) is 2.19. The molecule has 1 fully saturated rings. The van der Waals surface area contributed by atoms with E-state index in [4.69, 9.17) is 5.11 Å². The van der Waals surface area contributed by atoms with E-state index in [9.17, 15) is 13.6 Å². The average molecular weight is 430 g/mol. The number of nitrogens with zero attached hydrogens (tertiary/aromatic N) is 4. The van der Waals surface area contributed by atoms with Gasteiger partial charge in [0.05, 0.1) is 10.4 Å². The molecule has 0 spiro atoms. The second-order valence-electron chi connectivity index (χ2n) is 6.53. The number of sulfone groups is 1. The van der Waals surface area contributed by atoms with Crippen molar-refractivity contribution in [2.75, 3.05) is 17.9 Å². The average Bonchev–Trinajstić information content (AvgIpc) is 3.20. The summed E-state index contributed by atoms with van der Waals surface area (Å²) in [5, 5.41) is 29.4. The Bertz CT molecular complexity index is 1220. The minimum Gasteiger partial charge on any atom is -0.752 e. The van der Waals surface area contributed by atoms with E-state index in [-0.39, 0.29) is 33.8 Å².